The number of rotatable bonds is 11. The Labute approximate surface area is 119 Å². The van der Waals surface area contributed by atoms with E-state index >= 15 is 0 Å². The molecule has 6 nitrogen and oxygen atoms in total. The summed E-state index contributed by atoms with van der Waals surface area (Å²) < 4.78 is 9.83. The molecule has 0 bridgehead atoms. The van der Waals surface area contributed by atoms with Crippen LogP contribution in [0, 0.1) is 5.92 Å². The lowest BCUT2D eigenvalue weighted by Crippen LogP contribution is -2.23. The normalized spacial score (nSPS) is 13.6. The van der Waals surface area contributed by atoms with Crippen LogP contribution in [0.2, 0.25) is 0 Å². The van der Waals surface area contributed by atoms with Crippen molar-refractivity contribution < 1.29 is 29.0 Å². The Morgan fingerprint density at radius 1 is 1.15 bits per heavy atom. The number of esters is 1. The van der Waals surface area contributed by atoms with E-state index in [-0.39, 0.29) is 24.7 Å². The second-order valence-electron chi connectivity index (χ2n) is 4.78. The van der Waals surface area contributed by atoms with Gasteiger partial charge in [0.05, 0.1) is 6.61 Å². The van der Waals surface area contributed by atoms with Crippen molar-refractivity contribution in [3.8, 4) is 0 Å². The number of hydrogen-bond acceptors (Lipinski definition) is 5. The summed E-state index contributed by atoms with van der Waals surface area (Å²) in [4.78, 5) is 33.2. The Morgan fingerprint density at radius 3 is 2.30 bits per heavy atom. The standard InChI is InChI=1S/C14H24O6/c1-10(15)12(6-4-5-7-13(16)17)8-9-20-14(18)11(2)19-3/h11-12H,4-9H2,1-3H3,(H,16,17). The molecule has 0 saturated carbocycles. The van der Waals surface area contributed by atoms with Crippen molar-refractivity contribution in [2.75, 3.05) is 13.7 Å². The third-order valence-electron chi connectivity index (χ3n) is 3.16. The first-order chi connectivity index (χ1) is 9.38. The Bertz CT molecular complexity index is 326. The molecule has 20 heavy (non-hydrogen) atoms. The first-order valence-corrected chi connectivity index (χ1v) is 6.80. The van der Waals surface area contributed by atoms with Crippen LogP contribution in [-0.4, -0.2) is 42.6 Å². The van der Waals surface area contributed by atoms with E-state index in [2.05, 4.69) is 0 Å². The third-order valence-corrected chi connectivity index (χ3v) is 3.16. The number of Topliss-reactive ketones (excluding diaryl/α,β-unsaturated/α-hetero) is 1. The Hall–Kier alpha value is -1.43. The summed E-state index contributed by atoms with van der Waals surface area (Å²) in [5.41, 5.74) is 0. The summed E-state index contributed by atoms with van der Waals surface area (Å²) >= 11 is 0. The summed E-state index contributed by atoms with van der Waals surface area (Å²) in [6, 6.07) is 0. The van der Waals surface area contributed by atoms with Crippen molar-refractivity contribution >= 4 is 17.7 Å². The number of carboxylic acid groups (broad SMARTS) is 1. The van der Waals surface area contributed by atoms with Crippen LogP contribution in [0.1, 0.15) is 46.0 Å². The van der Waals surface area contributed by atoms with Crippen LogP contribution in [0.25, 0.3) is 0 Å². The highest BCUT2D eigenvalue weighted by atomic mass is 16.6. The Balaban J connectivity index is 3.94. The zero-order valence-electron chi connectivity index (χ0n) is 12.4. The van der Waals surface area contributed by atoms with Crippen molar-refractivity contribution in [3.63, 3.8) is 0 Å². The molecule has 0 aromatic rings. The van der Waals surface area contributed by atoms with Gasteiger partial charge in [0.25, 0.3) is 0 Å². The molecule has 6 heteroatoms. The van der Waals surface area contributed by atoms with Gasteiger partial charge >= 0.3 is 11.9 Å². The largest absolute Gasteiger partial charge is 0.481 e. The van der Waals surface area contributed by atoms with Gasteiger partial charge in [-0.3, -0.25) is 9.59 Å². The maximum Gasteiger partial charge on any atom is 0.334 e. The van der Waals surface area contributed by atoms with Crippen LogP contribution in [0.15, 0.2) is 0 Å². The van der Waals surface area contributed by atoms with Crippen LogP contribution in [0.5, 0.6) is 0 Å². The molecule has 1 N–H and O–H groups in total. The first-order valence-electron chi connectivity index (χ1n) is 6.80. The number of carbonyl (C=O) groups excluding carboxylic acids is 2. The average Bonchev–Trinajstić information content (AvgIpc) is 2.39. The highest BCUT2D eigenvalue weighted by molar-refractivity contribution is 5.78. The van der Waals surface area contributed by atoms with E-state index in [1.54, 1.807) is 6.92 Å². The van der Waals surface area contributed by atoms with Gasteiger partial charge < -0.3 is 14.6 Å². The molecule has 0 aromatic carbocycles. The molecule has 0 aromatic heterocycles. The number of carboxylic acids is 1. The van der Waals surface area contributed by atoms with E-state index in [9.17, 15) is 14.4 Å². The third kappa shape index (κ3) is 8.63. The summed E-state index contributed by atoms with van der Waals surface area (Å²) in [7, 11) is 1.42. The maximum atomic E-state index is 11.5. The lowest BCUT2D eigenvalue weighted by Gasteiger charge is -2.14. The van der Waals surface area contributed by atoms with Gasteiger partial charge in [-0.2, -0.15) is 0 Å². The number of aliphatic carboxylic acids is 1. The lowest BCUT2D eigenvalue weighted by atomic mass is 9.94. The molecular formula is C14H24O6. The first kappa shape index (κ1) is 18.6. The summed E-state index contributed by atoms with van der Waals surface area (Å²) in [5.74, 6) is -1.42. The Kier molecular flexibility index (Phi) is 9.63. The molecule has 0 aliphatic rings. The van der Waals surface area contributed by atoms with Crippen LogP contribution < -0.4 is 0 Å². The summed E-state index contributed by atoms with van der Waals surface area (Å²) in [6.07, 6.45) is 1.83. The molecule has 2 atom stereocenters. The molecule has 2 unspecified atom stereocenters. The van der Waals surface area contributed by atoms with E-state index < -0.39 is 18.0 Å². The van der Waals surface area contributed by atoms with E-state index in [1.165, 1.54) is 14.0 Å². The zero-order chi connectivity index (χ0) is 15.5. The summed E-state index contributed by atoms with van der Waals surface area (Å²) in [5, 5.41) is 8.53. The Morgan fingerprint density at radius 2 is 1.80 bits per heavy atom. The van der Waals surface area contributed by atoms with Crippen LogP contribution in [0.3, 0.4) is 0 Å². The number of ether oxygens (including phenoxy) is 2. The SMILES string of the molecule is COC(C)C(=O)OCCC(CCCCC(=O)O)C(C)=O. The van der Waals surface area contributed by atoms with Crippen LogP contribution in [-0.2, 0) is 23.9 Å². The smallest absolute Gasteiger partial charge is 0.334 e. The topological polar surface area (TPSA) is 89.9 Å². The van der Waals surface area contributed by atoms with Crippen LogP contribution >= 0.6 is 0 Å². The van der Waals surface area contributed by atoms with Crippen molar-refractivity contribution in [1.82, 2.24) is 0 Å². The van der Waals surface area contributed by atoms with Crippen molar-refractivity contribution in [2.45, 2.75) is 52.1 Å². The molecule has 116 valence electrons. The second-order valence-corrected chi connectivity index (χ2v) is 4.78. The van der Waals surface area contributed by atoms with Crippen molar-refractivity contribution in [3.05, 3.63) is 0 Å². The fraction of sp³-hybridized carbons (Fsp3) is 0.786. The van der Waals surface area contributed by atoms with Gasteiger partial charge in [0, 0.05) is 19.4 Å². The van der Waals surface area contributed by atoms with Crippen LogP contribution in [0.4, 0.5) is 0 Å². The minimum absolute atomic E-state index is 0.0381. The zero-order valence-corrected chi connectivity index (χ0v) is 12.4. The molecule has 0 aliphatic carbocycles. The number of carbonyl (C=O) groups is 3. The highest BCUT2D eigenvalue weighted by Crippen LogP contribution is 2.15. The van der Waals surface area contributed by atoms with Gasteiger partial charge in [-0.05, 0) is 33.1 Å². The average molecular weight is 288 g/mol. The van der Waals surface area contributed by atoms with Gasteiger partial charge in [0.2, 0.25) is 0 Å². The van der Waals surface area contributed by atoms with E-state index in [4.69, 9.17) is 14.6 Å². The van der Waals surface area contributed by atoms with Gasteiger partial charge in [-0.1, -0.05) is 6.42 Å². The lowest BCUT2D eigenvalue weighted by molar-refractivity contribution is -0.155. The fourth-order valence-electron chi connectivity index (χ4n) is 1.73. The van der Waals surface area contributed by atoms with Gasteiger partial charge in [-0.15, -0.1) is 0 Å². The minimum Gasteiger partial charge on any atom is -0.481 e. The fourth-order valence-corrected chi connectivity index (χ4v) is 1.73. The minimum atomic E-state index is -0.827. The maximum absolute atomic E-state index is 11.5. The molecule has 0 radical (unpaired) electrons. The number of unbranched alkanes of at least 4 members (excludes halogenated alkanes) is 1. The van der Waals surface area contributed by atoms with E-state index in [1.807, 2.05) is 0 Å². The summed E-state index contributed by atoms with van der Waals surface area (Å²) in [6.45, 7) is 3.27. The van der Waals surface area contributed by atoms with Crippen molar-refractivity contribution in [2.24, 2.45) is 5.92 Å². The molecule has 0 heterocycles. The molecule has 0 spiro atoms. The number of hydrogen-bond donors (Lipinski definition) is 1. The molecule has 0 amide bonds. The predicted molar refractivity (Wildman–Crippen MR) is 72.3 cm³/mol. The van der Waals surface area contributed by atoms with Crippen molar-refractivity contribution in [1.29, 1.82) is 0 Å². The van der Waals surface area contributed by atoms with E-state index in [0.717, 1.165) is 0 Å². The molecule has 0 fully saturated rings. The van der Waals surface area contributed by atoms with Gasteiger partial charge in [-0.25, -0.2) is 4.79 Å². The monoisotopic (exact) mass is 288 g/mol. The van der Waals surface area contributed by atoms with Gasteiger partial charge in [0.1, 0.15) is 5.78 Å². The molecular weight excluding hydrogens is 264 g/mol. The second kappa shape index (κ2) is 10.4. The molecule has 0 saturated heterocycles. The van der Waals surface area contributed by atoms with E-state index in [0.29, 0.717) is 25.7 Å². The number of methoxy groups -OCH3 is 1. The quantitative estimate of drug-likeness (QED) is 0.460. The van der Waals surface area contributed by atoms with Gasteiger partial charge in [0.15, 0.2) is 6.10 Å². The predicted octanol–water partition coefficient (Wildman–Crippen LogP) is 1.80. The molecule has 0 rings (SSSR count). The highest BCUT2D eigenvalue weighted by Gasteiger charge is 2.17. The molecule has 0 aliphatic heterocycles. The number of ketones is 1.